The van der Waals surface area contributed by atoms with Crippen LogP contribution < -0.4 is 0 Å². The molecule has 2 fully saturated rings. The van der Waals surface area contributed by atoms with Crippen molar-refractivity contribution in [3.8, 4) is 0 Å². The molecule has 2 bridgehead atoms. The van der Waals surface area contributed by atoms with Crippen LogP contribution in [0.15, 0.2) is 30.3 Å². The van der Waals surface area contributed by atoms with Crippen molar-refractivity contribution >= 4 is 0 Å². The molecule has 0 saturated heterocycles. The summed E-state index contributed by atoms with van der Waals surface area (Å²) in [6.07, 6.45) is 3.29. The summed E-state index contributed by atoms with van der Waals surface area (Å²) in [5.74, 6) is 1.03. The maximum absolute atomic E-state index is 11.2. The summed E-state index contributed by atoms with van der Waals surface area (Å²) in [7, 11) is 0. The van der Waals surface area contributed by atoms with Gasteiger partial charge in [-0.2, -0.15) is 0 Å². The van der Waals surface area contributed by atoms with Crippen LogP contribution in [0.4, 0.5) is 0 Å². The smallest absolute Gasteiger partial charge is 0.222 e. The average Bonchev–Trinajstić information content (AvgIpc) is 2.89. The van der Waals surface area contributed by atoms with Crippen molar-refractivity contribution in [3.05, 3.63) is 46.0 Å². The maximum atomic E-state index is 11.2. The Morgan fingerprint density at radius 1 is 1.12 bits per heavy atom. The summed E-state index contributed by atoms with van der Waals surface area (Å²) in [6, 6.07) is 9.69. The lowest BCUT2D eigenvalue weighted by Crippen LogP contribution is -2.33. The minimum atomic E-state index is -0.332. The molecule has 2 aliphatic rings. The molecule has 0 aromatic heterocycles. The minimum absolute atomic E-state index is 0.0402. The SMILES string of the molecule is O=[N+]([O-])[C@H]1[C@H]2CC[C@@H](C2)[C@@H]1c1ccccc1. The van der Waals surface area contributed by atoms with Crippen molar-refractivity contribution in [2.45, 2.75) is 31.2 Å². The first kappa shape index (κ1) is 9.82. The van der Waals surface area contributed by atoms with Crippen LogP contribution in [0, 0.1) is 22.0 Å². The molecule has 3 heteroatoms. The lowest BCUT2D eigenvalue weighted by molar-refractivity contribution is -0.534. The second kappa shape index (κ2) is 3.58. The summed E-state index contributed by atoms with van der Waals surface area (Å²) in [5.41, 5.74) is 1.16. The van der Waals surface area contributed by atoms with Crippen LogP contribution in [-0.2, 0) is 0 Å². The first-order chi connectivity index (χ1) is 7.77. The normalized spacial score (nSPS) is 36.5. The van der Waals surface area contributed by atoms with E-state index in [-0.39, 0.29) is 16.9 Å². The van der Waals surface area contributed by atoms with E-state index in [9.17, 15) is 10.1 Å². The van der Waals surface area contributed by atoms with Crippen LogP contribution in [0.25, 0.3) is 0 Å². The van der Waals surface area contributed by atoms with E-state index in [1.165, 1.54) is 6.42 Å². The van der Waals surface area contributed by atoms with Gasteiger partial charge in [0.15, 0.2) is 0 Å². The molecule has 84 valence electrons. The van der Waals surface area contributed by atoms with Crippen molar-refractivity contribution in [2.75, 3.05) is 0 Å². The summed E-state index contributed by atoms with van der Waals surface area (Å²) in [5, 5.41) is 11.2. The highest BCUT2D eigenvalue weighted by molar-refractivity contribution is 5.25. The van der Waals surface area contributed by atoms with Crippen LogP contribution in [0.2, 0.25) is 0 Å². The monoisotopic (exact) mass is 217 g/mol. The molecular formula is C13H15NO2. The second-order valence-electron chi connectivity index (χ2n) is 5.05. The molecule has 0 spiro atoms. The van der Waals surface area contributed by atoms with Crippen molar-refractivity contribution in [2.24, 2.45) is 11.8 Å². The van der Waals surface area contributed by atoms with Gasteiger partial charge in [0.05, 0.1) is 5.92 Å². The second-order valence-corrected chi connectivity index (χ2v) is 5.05. The van der Waals surface area contributed by atoms with Crippen molar-refractivity contribution in [1.29, 1.82) is 0 Å². The van der Waals surface area contributed by atoms with Crippen LogP contribution in [0.3, 0.4) is 0 Å². The van der Waals surface area contributed by atoms with Crippen molar-refractivity contribution < 1.29 is 4.92 Å². The van der Waals surface area contributed by atoms with E-state index in [0.717, 1.165) is 18.4 Å². The van der Waals surface area contributed by atoms with Crippen molar-refractivity contribution in [1.82, 2.24) is 0 Å². The van der Waals surface area contributed by atoms with Gasteiger partial charge in [-0.25, -0.2) is 0 Å². The zero-order valence-electron chi connectivity index (χ0n) is 9.08. The third-order valence-corrected chi connectivity index (χ3v) is 4.30. The summed E-state index contributed by atoms with van der Waals surface area (Å²) in [4.78, 5) is 11.1. The van der Waals surface area contributed by atoms with Crippen LogP contribution >= 0.6 is 0 Å². The highest BCUT2D eigenvalue weighted by atomic mass is 16.6. The Morgan fingerprint density at radius 2 is 1.81 bits per heavy atom. The lowest BCUT2D eigenvalue weighted by atomic mass is 9.80. The van der Waals surface area contributed by atoms with E-state index in [2.05, 4.69) is 0 Å². The Labute approximate surface area is 94.6 Å². The third-order valence-electron chi connectivity index (χ3n) is 4.30. The topological polar surface area (TPSA) is 43.1 Å². The first-order valence-electron chi connectivity index (χ1n) is 5.96. The highest BCUT2D eigenvalue weighted by Gasteiger charge is 2.54. The van der Waals surface area contributed by atoms with Gasteiger partial charge in [0.2, 0.25) is 6.04 Å². The van der Waals surface area contributed by atoms with Gasteiger partial charge < -0.3 is 0 Å². The Kier molecular flexibility index (Phi) is 2.20. The van der Waals surface area contributed by atoms with Gasteiger partial charge in [0, 0.05) is 10.8 Å². The molecule has 2 aliphatic carbocycles. The minimum Gasteiger partial charge on any atom is -0.264 e. The molecule has 0 aliphatic heterocycles. The number of benzene rings is 1. The fraction of sp³-hybridized carbons (Fsp3) is 0.538. The van der Waals surface area contributed by atoms with Gasteiger partial charge >= 0.3 is 0 Å². The molecule has 0 unspecified atom stereocenters. The molecular weight excluding hydrogens is 202 g/mol. The molecule has 3 rings (SSSR count). The molecule has 2 saturated carbocycles. The fourth-order valence-corrected chi connectivity index (χ4v) is 3.71. The molecule has 4 atom stereocenters. The van der Waals surface area contributed by atoms with Gasteiger partial charge in [-0.15, -0.1) is 0 Å². The molecule has 0 heterocycles. The van der Waals surface area contributed by atoms with E-state index < -0.39 is 0 Å². The number of rotatable bonds is 2. The Balaban J connectivity index is 1.97. The number of hydrogen-bond donors (Lipinski definition) is 0. The predicted octanol–water partition coefficient (Wildman–Crippen LogP) is 2.85. The van der Waals surface area contributed by atoms with Crippen LogP contribution in [0.5, 0.6) is 0 Å². The number of fused-ring (bicyclic) bond motifs is 2. The quantitative estimate of drug-likeness (QED) is 0.564. The van der Waals surface area contributed by atoms with Gasteiger partial charge in [-0.1, -0.05) is 30.3 Å². The van der Waals surface area contributed by atoms with Crippen molar-refractivity contribution in [3.63, 3.8) is 0 Å². The highest BCUT2D eigenvalue weighted by Crippen LogP contribution is 2.53. The zero-order chi connectivity index (χ0) is 11.1. The van der Waals surface area contributed by atoms with Gasteiger partial charge in [-0.05, 0) is 30.7 Å². The Hall–Kier alpha value is -1.38. The van der Waals surface area contributed by atoms with Gasteiger partial charge in [0.1, 0.15) is 0 Å². The first-order valence-corrected chi connectivity index (χ1v) is 5.96. The average molecular weight is 217 g/mol. The number of nitrogens with zero attached hydrogens (tertiary/aromatic N) is 1. The van der Waals surface area contributed by atoms with E-state index in [1.807, 2.05) is 30.3 Å². The van der Waals surface area contributed by atoms with E-state index in [4.69, 9.17) is 0 Å². The molecule has 16 heavy (non-hydrogen) atoms. The molecule has 1 aromatic rings. The summed E-state index contributed by atoms with van der Waals surface area (Å²) in [6.45, 7) is 0. The van der Waals surface area contributed by atoms with E-state index in [0.29, 0.717) is 11.8 Å². The maximum Gasteiger partial charge on any atom is 0.222 e. The van der Waals surface area contributed by atoms with Gasteiger partial charge in [0.25, 0.3) is 0 Å². The molecule has 1 aromatic carbocycles. The number of hydrogen-bond acceptors (Lipinski definition) is 2. The van der Waals surface area contributed by atoms with E-state index >= 15 is 0 Å². The predicted molar refractivity (Wildman–Crippen MR) is 60.8 cm³/mol. The third kappa shape index (κ3) is 1.34. The van der Waals surface area contributed by atoms with E-state index in [1.54, 1.807) is 0 Å². The molecule has 0 radical (unpaired) electrons. The summed E-state index contributed by atoms with van der Waals surface area (Å²) < 4.78 is 0. The largest absolute Gasteiger partial charge is 0.264 e. The fourth-order valence-electron chi connectivity index (χ4n) is 3.71. The lowest BCUT2D eigenvalue weighted by Gasteiger charge is -2.25. The zero-order valence-corrected chi connectivity index (χ0v) is 9.08. The van der Waals surface area contributed by atoms with Crippen LogP contribution in [0.1, 0.15) is 30.7 Å². The van der Waals surface area contributed by atoms with Crippen LogP contribution in [-0.4, -0.2) is 11.0 Å². The van der Waals surface area contributed by atoms with Gasteiger partial charge in [-0.3, -0.25) is 10.1 Å². The number of nitro groups is 1. The Morgan fingerprint density at radius 3 is 2.50 bits per heavy atom. The molecule has 0 N–H and O–H groups in total. The summed E-state index contributed by atoms with van der Waals surface area (Å²) >= 11 is 0. The Bertz CT molecular complexity index is 404. The molecule has 3 nitrogen and oxygen atoms in total. The standard InChI is InChI=1S/C13H15NO2/c15-14(16)13-11-7-6-10(8-11)12(13)9-4-2-1-3-5-9/h1-5,10-13H,6-8H2/t10-,11-,12-,13-/m0/s1. The molecule has 0 amide bonds.